The third-order valence-electron chi connectivity index (χ3n) is 4.31. The Morgan fingerprint density at radius 1 is 1.28 bits per heavy atom. The fourth-order valence-corrected chi connectivity index (χ4v) is 3.71. The summed E-state index contributed by atoms with van der Waals surface area (Å²) in [6, 6.07) is 7.41. The second kappa shape index (κ2) is 6.50. The average molecular weight is 359 g/mol. The molecule has 0 fully saturated rings. The number of fused-ring (bicyclic) bond motifs is 1. The van der Waals surface area contributed by atoms with Crippen molar-refractivity contribution in [3.63, 3.8) is 0 Å². The van der Waals surface area contributed by atoms with Gasteiger partial charge in [-0.2, -0.15) is 0 Å². The molecule has 0 aliphatic carbocycles. The zero-order valence-corrected chi connectivity index (χ0v) is 14.1. The summed E-state index contributed by atoms with van der Waals surface area (Å²) in [7, 11) is 0. The van der Waals surface area contributed by atoms with E-state index in [9.17, 15) is 13.6 Å². The van der Waals surface area contributed by atoms with Crippen LogP contribution < -0.4 is 5.56 Å². The van der Waals surface area contributed by atoms with Gasteiger partial charge in [0.05, 0.1) is 16.1 Å². The highest BCUT2D eigenvalue weighted by Gasteiger charge is 2.22. The van der Waals surface area contributed by atoms with Crippen molar-refractivity contribution < 1.29 is 8.78 Å². The maximum atomic E-state index is 13.8. The van der Waals surface area contributed by atoms with E-state index in [0.29, 0.717) is 43.0 Å². The number of aromatic nitrogens is 2. The van der Waals surface area contributed by atoms with Crippen LogP contribution in [0.3, 0.4) is 0 Å². The van der Waals surface area contributed by atoms with Gasteiger partial charge in [-0.05, 0) is 17.5 Å². The van der Waals surface area contributed by atoms with Gasteiger partial charge in [0.1, 0.15) is 11.6 Å². The highest BCUT2D eigenvalue weighted by atomic mass is 32.1. The van der Waals surface area contributed by atoms with Gasteiger partial charge in [0.25, 0.3) is 5.56 Å². The molecule has 0 unspecified atom stereocenters. The van der Waals surface area contributed by atoms with Crippen molar-refractivity contribution in [1.82, 2.24) is 14.9 Å². The lowest BCUT2D eigenvalue weighted by atomic mass is 10.1. The summed E-state index contributed by atoms with van der Waals surface area (Å²) in [5, 5.41) is 1.94. The van der Waals surface area contributed by atoms with Gasteiger partial charge in [-0.3, -0.25) is 9.69 Å². The number of nitrogens with one attached hydrogen (secondary N) is 1. The standard InChI is InChI=1S/C18H15F2N3OS/c19-12-4-3-11(14(20)8-12)9-23-6-5-15-13(10-23)18(24)22-17(21-15)16-2-1-7-25-16/h1-4,7-8H,5-6,9-10H2,(H,21,22,24). The van der Waals surface area contributed by atoms with Gasteiger partial charge >= 0.3 is 0 Å². The summed E-state index contributed by atoms with van der Waals surface area (Å²) in [5.74, 6) is -0.561. The van der Waals surface area contributed by atoms with Crippen molar-refractivity contribution in [3.8, 4) is 10.7 Å². The number of halogens is 2. The first-order chi connectivity index (χ1) is 12.1. The summed E-state index contributed by atoms with van der Waals surface area (Å²) >= 11 is 1.53. The van der Waals surface area contributed by atoms with Crippen LogP contribution in [0.1, 0.15) is 16.8 Å². The van der Waals surface area contributed by atoms with Crippen LogP contribution in [0.4, 0.5) is 8.78 Å². The molecule has 3 heterocycles. The molecule has 1 N–H and O–H groups in total. The van der Waals surface area contributed by atoms with E-state index in [4.69, 9.17) is 0 Å². The number of hydrogen-bond acceptors (Lipinski definition) is 4. The second-order valence-corrected chi connectivity index (χ2v) is 6.96. The Morgan fingerprint density at radius 2 is 2.16 bits per heavy atom. The Morgan fingerprint density at radius 3 is 2.92 bits per heavy atom. The molecule has 128 valence electrons. The van der Waals surface area contributed by atoms with Gasteiger partial charge in [-0.1, -0.05) is 12.1 Å². The van der Waals surface area contributed by atoms with Crippen LogP contribution in [0, 0.1) is 11.6 Å². The van der Waals surface area contributed by atoms with E-state index in [2.05, 4.69) is 9.97 Å². The average Bonchev–Trinajstić information content (AvgIpc) is 3.12. The van der Waals surface area contributed by atoms with Crippen LogP contribution in [-0.4, -0.2) is 21.4 Å². The Hall–Kier alpha value is -2.38. The Labute approximate surface area is 146 Å². The molecule has 0 saturated carbocycles. The van der Waals surface area contributed by atoms with E-state index in [0.717, 1.165) is 16.6 Å². The Balaban J connectivity index is 1.58. The lowest BCUT2D eigenvalue weighted by Gasteiger charge is -2.27. The number of hydrogen-bond donors (Lipinski definition) is 1. The molecular weight excluding hydrogens is 344 g/mol. The van der Waals surface area contributed by atoms with E-state index >= 15 is 0 Å². The van der Waals surface area contributed by atoms with Crippen molar-refractivity contribution in [3.05, 3.63) is 74.5 Å². The van der Waals surface area contributed by atoms with Crippen LogP contribution in [0.2, 0.25) is 0 Å². The minimum absolute atomic E-state index is 0.155. The number of aromatic amines is 1. The van der Waals surface area contributed by atoms with Crippen LogP contribution in [-0.2, 0) is 19.5 Å². The quantitative estimate of drug-likeness (QED) is 0.780. The predicted molar refractivity (Wildman–Crippen MR) is 92.3 cm³/mol. The highest BCUT2D eigenvalue weighted by molar-refractivity contribution is 7.13. The maximum absolute atomic E-state index is 13.8. The van der Waals surface area contributed by atoms with Crippen molar-refractivity contribution in [2.75, 3.05) is 6.54 Å². The Bertz CT molecular complexity index is 969. The molecule has 7 heteroatoms. The maximum Gasteiger partial charge on any atom is 0.255 e. The molecule has 1 aliphatic heterocycles. The summed E-state index contributed by atoms with van der Waals surface area (Å²) in [6.45, 7) is 1.40. The van der Waals surface area contributed by atoms with Gasteiger partial charge in [0.15, 0.2) is 5.82 Å². The van der Waals surface area contributed by atoms with Crippen LogP contribution in [0.5, 0.6) is 0 Å². The topological polar surface area (TPSA) is 49.0 Å². The first-order valence-electron chi connectivity index (χ1n) is 7.92. The molecule has 0 saturated heterocycles. The molecule has 4 rings (SSSR count). The number of benzene rings is 1. The van der Waals surface area contributed by atoms with Gasteiger partial charge in [0, 0.05) is 37.7 Å². The number of nitrogens with zero attached hydrogens (tertiary/aromatic N) is 2. The molecular formula is C18H15F2N3OS. The minimum atomic E-state index is -0.591. The first-order valence-corrected chi connectivity index (χ1v) is 8.80. The van der Waals surface area contributed by atoms with Crippen molar-refractivity contribution >= 4 is 11.3 Å². The van der Waals surface area contributed by atoms with E-state index in [1.807, 2.05) is 22.4 Å². The van der Waals surface area contributed by atoms with Crippen LogP contribution >= 0.6 is 11.3 Å². The third-order valence-corrected chi connectivity index (χ3v) is 5.19. The van der Waals surface area contributed by atoms with E-state index in [1.54, 1.807) is 0 Å². The fraction of sp³-hybridized carbons (Fsp3) is 0.222. The third kappa shape index (κ3) is 3.25. The van der Waals surface area contributed by atoms with Gasteiger partial charge in [-0.25, -0.2) is 13.8 Å². The molecule has 0 radical (unpaired) electrons. The molecule has 0 bridgehead atoms. The SMILES string of the molecule is O=c1[nH]c(-c2cccs2)nc2c1CN(Cc1ccc(F)cc1F)CC2. The normalized spacial score (nSPS) is 14.5. The Kier molecular flexibility index (Phi) is 4.19. The molecule has 2 aromatic heterocycles. The number of thiophene rings is 1. The largest absolute Gasteiger partial charge is 0.306 e. The van der Waals surface area contributed by atoms with Crippen molar-refractivity contribution in [1.29, 1.82) is 0 Å². The summed E-state index contributed by atoms with van der Waals surface area (Å²) in [6.07, 6.45) is 0.625. The highest BCUT2D eigenvalue weighted by Crippen LogP contribution is 2.23. The van der Waals surface area contributed by atoms with Crippen molar-refractivity contribution in [2.24, 2.45) is 0 Å². The zero-order valence-electron chi connectivity index (χ0n) is 13.3. The van der Waals surface area contributed by atoms with E-state index in [1.165, 1.54) is 23.5 Å². The second-order valence-electron chi connectivity index (χ2n) is 6.01. The smallest absolute Gasteiger partial charge is 0.255 e. The molecule has 0 atom stereocenters. The minimum Gasteiger partial charge on any atom is -0.306 e. The summed E-state index contributed by atoms with van der Waals surface area (Å²) in [4.78, 5) is 22.8. The summed E-state index contributed by atoms with van der Waals surface area (Å²) in [5.41, 5.74) is 1.68. The monoisotopic (exact) mass is 359 g/mol. The zero-order chi connectivity index (χ0) is 17.4. The fourth-order valence-electron chi connectivity index (χ4n) is 3.04. The molecule has 0 amide bonds. The number of H-pyrrole nitrogens is 1. The van der Waals surface area contributed by atoms with E-state index in [-0.39, 0.29) is 5.56 Å². The molecule has 4 nitrogen and oxygen atoms in total. The van der Waals surface area contributed by atoms with Gasteiger partial charge in [-0.15, -0.1) is 11.3 Å². The van der Waals surface area contributed by atoms with Crippen LogP contribution in [0.25, 0.3) is 10.7 Å². The molecule has 25 heavy (non-hydrogen) atoms. The lowest BCUT2D eigenvalue weighted by Crippen LogP contribution is -2.35. The van der Waals surface area contributed by atoms with Crippen LogP contribution in [0.15, 0.2) is 40.5 Å². The number of rotatable bonds is 3. The van der Waals surface area contributed by atoms with Crippen molar-refractivity contribution in [2.45, 2.75) is 19.5 Å². The van der Waals surface area contributed by atoms with Gasteiger partial charge < -0.3 is 4.98 Å². The molecule has 1 aromatic carbocycles. The molecule has 3 aromatic rings. The first kappa shape index (κ1) is 16.1. The lowest BCUT2D eigenvalue weighted by molar-refractivity contribution is 0.238. The summed E-state index contributed by atoms with van der Waals surface area (Å²) < 4.78 is 26.9. The molecule has 1 aliphatic rings. The predicted octanol–water partition coefficient (Wildman–Crippen LogP) is 3.33. The van der Waals surface area contributed by atoms with Gasteiger partial charge in [0.2, 0.25) is 0 Å². The molecule has 0 spiro atoms. The van der Waals surface area contributed by atoms with E-state index < -0.39 is 11.6 Å².